The zero-order valence-corrected chi connectivity index (χ0v) is 6.79. The van der Waals surface area contributed by atoms with Crippen LogP contribution in [-0.2, 0) is 4.79 Å². The molecule has 0 aromatic carbocycles. The third-order valence-corrected chi connectivity index (χ3v) is 0.875. The van der Waals surface area contributed by atoms with Gasteiger partial charge in [-0.05, 0) is 0 Å². The smallest absolute Gasteiger partial charge is 0.304 e. The van der Waals surface area contributed by atoms with Crippen molar-refractivity contribution in [2.45, 2.75) is 6.42 Å². The molecule has 0 aliphatic heterocycles. The van der Waals surface area contributed by atoms with Gasteiger partial charge in [-0.15, -0.1) is 0 Å². The molecule has 0 heterocycles. The van der Waals surface area contributed by atoms with E-state index in [1.807, 2.05) is 12.2 Å². The number of aliphatic carboxylic acids is 1. The predicted octanol–water partition coefficient (Wildman–Crippen LogP) is 0.266. The largest absolute Gasteiger partial charge is 0.481 e. The molecule has 0 unspecified atom stereocenters. The van der Waals surface area contributed by atoms with Crippen LogP contribution in [0.4, 0.5) is 0 Å². The third kappa shape index (κ3) is 3.24. The molecule has 0 spiro atoms. The Morgan fingerprint density at radius 2 is 2.12 bits per heavy atom. The van der Waals surface area contributed by atoms with Gasteiger partial charge in [-0.25, -0.2) is 0 Å². The maximum absolute atomic E-state index is 9.81. The summed E-state index contributed by atoms with van der Waals surface area (Å²) in [6.45, 7) is 0. The second-order valence-corrected chi connectivity index (χ2v) is 1.65. The Balaban J connectivity index is 0.000000490. The molecule has 0 saturated heterocycles. The van der Waals surface area contributed by atoms with Crippen molar-refractivity contribution < 1.29 is 9.90 Å². The number of carboxylic acid groups (broad SMARTS) is 1. The number of rotatable bonds is 2. The predicted molar refractivity (Wildman–Crippen MR) is 30.6 cm³/mol. The van der Waals surface area contributed by atoms with E-state index >= 15 is 0 Å². The van der Waals surface area contributed by atoms with E-state index in [1.165, 1.54) is 0 Å². The molecule has 3 heteroatoms. The average molecular weight is 121 g/mol. The second kappa shape index (κ2) is 3.28. The zero-order valence-electron chi connectivity index (χ0n) is 4.79. The van der Waals surface area contributed by atoms with Gasteiger partial charge in [0, 0.05) is 35.5 Å². The third-order valence-electron chi connectivity index (χ3n) is 0.875. The fraction of sp³-hybridized carbons (Fsp3) is 0.400. The van der Waals surface area contributed by atoms with Crippen LogP contribution in [-0.4, -0.2) is 40.6 Å². The van der Waals surface area contributed by atoms with Crippen LogP contribution in [0.1, 0.15) is 6.42 Å². The van der Waals surface area contributed by atoms with Crippen molar-refractivity contribution >= 4 is 35.5 Å². The molecular formula is C5H6NaO2. The minimum absolute atomic E-state index is 0. The summed E-state index contributed by atoms with van der Waals surface area (Å²) in [6.07, 6.45) is 4.04. The van der Waals surface area contributed by atoms with Crippen molar-refractivity contribution in [1.29, 1.82) is 0 Å². The Morgan fingerprint density at radius 3 is 2.25 bits per heavy atom. The minimum Gasteiger partial charge on any atom is -0.481 e. The van der Waals surface area contributed by atoms with Gasteiger partial charge in [0.15, 0.2) is 0 Å². The van der Waals surface area contributed by atoms with Gasteiger partial charge in [-0.3, -0.25) is 4.79 Å². The molecule has 1 rings (SSSR count). The molecule has 0 amide bonds. The Bertz CT molecular complexity index is 114. The Morgan fingerprint density at radius 1 is 1.62 bits per heavy atom. The molecular weight excluding hydrogens is 115 g/mol. The SMILES string of the molecule is O=C(O)CC1C=C1.[Na]. The van der Waals surface area contributed by atoms with Crippen LogP contribution < -0.4 is 0 Å². The molecule has 1 aliphatic carbocycles. The van der Waals surface area contributed by atoms with Crippen LogP contribution in [0.3, 0.4) is 0 Å². The summed E-state index contributed by atoms with van der Waals surface area (Å²) in [5, 5.41) is 8.08. The topological polar surface area (TPSA) is 37.3 Å². The molecule has 1 N–H and O–H groups in total. The van der Waals surface area contributed by atoms with Crippen molar-refractivity contribution in [3.05, 3.63) is 12.2 Å². The molecule has 0 fully saturated rings. The van der Waals surface area contributed by atoms with Crippen LogP contribution in [0.2, 0.25) is 0 Å². The van der Waals surface area contributed by atoms with Crippen molar-refractivity contribution in [2.75, 3.05) is 0 Å². The first-order chi connectivity index (χ1) is 3.29. The summed E-state index contributed by atoms with van der Waals surface area (Å²) < 4.78 is 0. The summed E-state index contributed by atoms with van der Waals surface area (Å²) >= 11 is 0. The monoisotopic (exact) mass is 121 g/mol. The van der Waals surface area contributed by atoms with E-state index in [4.69, 9.17) is 5.11 Å². The maximum atomic E-state index is 9.81. The summed E-state index contributed by atoms with van der Waals surface area (Å²) in [5.41, 5.74) is 0. The van der Waals surface area contributed by atoms with E-state index in [2.05, 4.69) is 0 Å². The van der Waals surface area contributed by atoms with Gasteiger partial charge < -0.3 is 5.11 Å². The van der Waals surface area contributed by atoms with E-state index in [-0.39, 0.29) is 41.9 Å². The number of carbonyl (C=O) groups is 1. The van der Waals surface area contributed by atoms with Gasteiger partial charge in [0.2, 0.25) is 0 Å². The van der Waals surface area contributed by atoms with Crippen molar-refractivity contribution in [2.24, 2.45) is 5.92 Å². The Kier molecular flexibility index (Phi) is 3.36. The minimum atomic E-state index is -0.713. The van der Waals surface area contributed by atoms with Gasteiger partial charge in [0.1, 0.15) is 0 Å². The molecule has 1 radical (unpaired) electrons. The second-order valence-electron chi connectivity index (χ2n) is 1.65. The number of allylic oxidation sites excluding steroid dienone is 2. The molecule has 0 aromatic heterocycles. The van der Waals surface area contributed by atoms with Crippen LogP contribution in [0.25, 0.3) is 0 Å². The Hall–Kier alpha value is 0.210. The fourth-order valence-corrected chi connectivity index (χ4v) is 0.416. The normalized spacial score (nSPS) is 15.0. The van der Waals surface area contributed by atoms with Gasteiger partial charge >= 0.3 is 5.97 Å². The average Bonchev–Trinajstić information content (AvgIpc) is 2.17. The van der Waals surface area contributed by atoms with Crippen molar-refractivity contribution in [3.8, 4) is 0 Å². The molecule has 0 aromatic rings. The standard InChI is InChI=1S/C5H6O2.Na/c6-5(7)3-4-1-2-4;/h1-2,4H,3H2,(H,6,7);. The molecule has 1 aliphatic rings. The quantitative estimate of drug-likeness (QED) is 0.420. The van der Waals surface area contributed by atoms with Gasteiger partial charge in [0.05, 0.1) is 6.42 Å². The van der Waals surface area contributed by atoms with E-state index in [1.54, 1.807) is 0 Å². The number of hydrogen-bond donors (Lipinski definition) is 1. The Labute approximate surface area is 69.9 Å². The molecule has 39 valence electrons. The molecule has 2 nitrogen and oxygen atoms in total. The first-order valence-corrected chi connectivity index (χ1v) is 2.19. The van der Waals surface area contributed by atoms with Gasteiger partial charge in [-0.1, -0.05) is 12.2 Å². The van der Waals surface area contributed by atoms with E-state index in [0.717, 1.165) is 0 Å². The summed E-state index contributed by atoms with van der Waals surface area (Å²) in [7, 11) is 0. The van der Waals surface area contributed by atoms with Crippen LogP contribution in [0.15, 0.2) is 12.2 Å². The van der Waals surface area contributed by atoms with Crippen LogP contribution >= 0.6 is 0 Å². The van der Waals surface area contributed by atoms with Gasteiger partial charge in [-0.2, -0.15) is 0 Å². The molecule has 8 heavy (non-hydrogen) atoms. The first-order valence-electron chi connectivity index (χ1n) is 2.19. The fourth-order valence-electron chi connectivity index (χ4n) is 0.416. The van der Waals surface area contributed by atoms with Crippen molar-refractivity contribution in [3.63, 3.8) is 0 Å². The van der Waals surface area contributed by atoms with Crippen LogP contribution in [0.5, 0.6) is 0 Å². The van der Waals surface area contributed by atoms with Crippen LogP contribution in [0, 0.1) is 5.92 Å². The number of carboxylic acids is 1. The summed E-state index contributed by atoms with van der Waals surface area (Å²) in [6, 6.07) is 0. The van der Waals surface area contributed by atoms with E-state index in [9.17, 15) is 4.79 Å². The van der Waals surface area contributed by atoms with E-state index < -0.39 is 5.97 Å². The molecule has 0 saturated carbocycles. The summed E-state index contributed by atoms with van der Waals surface area (Å²) in [4.78, 5) is 9.81. The zero-order chi connectivity index (χ0) is 5.28. The summed E-state index contributed by atoms with van der Waals surface area (Å²) in [5.74, 6) is -0.438. The molecule has 0 bridgehead atoms. The van der Waals surface area contributed by atoms with Gasteiger partial charge in [0.25, 0.3) is 0 Å². The van der Waals surface area contributed by atoms with E-state index in [0.29, 0.717) is 0 Å². The first kappa shape index (κ1) is 8.21. The molecule has 0 atom stereocenters. The van der Waals surface area contributed by atoms with Crippen molar-refractivity contribution in [1.82, 2.24) is 0 Å². The maximum Gasteiger partial charge on any atom is 0.304 e. The number of hydrogen-bond acceptors (Lipinski definition) is 1.